The maximum absolute atomic E-state index is 12.0. The molecule has 0 radical (unpaired) electrons. The second-order valence-corrected chi connectivity index (χ2v) is 5.19. The molecule has 4 nitrogen and oxygen atoms in total. The number of hydrogen-bond acceptors (Lipinski definition) is 2. The van der Waals surface area contributed by atoms with Gasteiger partial charge in [0, 0.05) is 20.1 Å². The summed E-state index contributed by atoms with van der Waals surface area (Å²) in [6.45, 7) is 8.50. The molecule has 1 fully saturated rings. The molecule has 0 bridgehead atoms. The fraction of sp³-hybridized carbons (Fsp3) is 0.333. The predicted molar refractivity (Wildman–Crippen MR) is 92.4 cm³/mol. The molecule has 3 amide bonds. The van der Waals surface area contributed by atoms with Gasteiger partial charge in [-0.1, -0.05) is 43.7 Å². The van der Waals surface area contributed by atoms with E-state index in [1.165, 1.54) is 5.56 Å². The Morgan fingerprint density at radius 1 is 1.09 bits per heavy atom. The Labute approximate surface area is 132 Å². The van der Waals surface area contributed by atoms with Crippen LogP contribution in [-0.4, -0.2) is 18.5 Å². The molecule has 22 heavy (non-hydrogen) atoms. The van der Waals surface area contributed by atoms with Gasteiger partial charge in [0.25, 0.3) is 0 Å². The topological polar surface area (TPSA) is 49.4 Å². The highest BCUT2D eigenvalue weighted by atomic mass is 16.2. The summed E-state index contributed by atoms with van der Waals surface area (Å²) in [5.74, 6) is -0.208. The monoisotopic (exact) mass is 300 g/mol. The first kappa shape index (κ1) is 16.0. The minimum atomic E-state index is -0.337. The van der Waals surface area contributed by atoms with E-state index >= 15 is 0 Å². The Kier molecular flexibility index (Phi) is 4.81. The van der Waals surface area contributed by atoms with Crippen LogP contribution in [0.15, 0.2) is 30.3 Å². The second-order valence-electron chi connectivity index (χ2n) is 5.19. The van der Waals surface area contributed by atoms with E-state index in [1.807, 2.05) is 32.9 Å². The van der Waals surface area contributed by atoms with Gasteiger partial charge in [-0.2, -0.15) is 0 Å². The van der Waals surface area contributed by atoms with Gasteiger partial charge in [-0.3, -0.25) is 15.0 Å². The average Bonchev–Trinajstić information content (AvgIpc) is 2.51. The Hall–Kier alpha value is -2.36. The van der Waals surface area contributed by atoms with E-state index in [1.54, 1.807) is 4.90 Å². The van der Waals surface area contributed by atoms with Gasteiger partial charge in [-0.25, -0.2) is 4.79 Å². The molecule has 0 spiro atoms. The van der Waals surface area contributed by atoms with Crippen LogP contribution < -0.4 is 10.2 Å². The molecule has 1 aliphatic rings. The standard InChI is InChI=1S/C16H16N2O2.C2H6.H2/c1-10-3-4-12-5-6-14(11(2)13(12)9-10)18-8-7-15(19)17-16(18)20;1-2;/h3-6,9H,7-8H2,1-2H3,(H,17,19,20);1-2H3;1H. The number of urea groups is 1. The van der Waals surface area contributed by atoms with Crippen LogP contribution in [0, 0.1) is 13.8 Å². The molecule has 3 rings (SSSR count). The molecule has 1 N–H and O–H groups in total. The van der Waals surface area contributed by atoms with Crippen molar-refractivity contribution in [3.05, 3.63) is 41.5 Å². The minimum absolute atomic E-state index is 0. The zero-order valence-electron chi connectivity index (χ0n) is 13.6. The number of anilines is 1. The van der Waals surface area contributed by atoms with Crippen molar-refractivity contribution >= 4 is 28.4 Å². The molecule has 0 aromatic heterocycles. The Bertz CT molecular complexity index is 728. The minimum Gasteiger partial charge on any atom is -0.293 e. The maximum Gasteiger partial charge on any atom is 0.328 e. The zero-order valence-corrected chi connectivity index (χ0v) is 13.6. The third-order valence-corrected chi connectivity index (χ3v) is 3.76. The summed E-state index contributed by atoms with van der Waals surface area (Å²) < 4.78 is 0. The fourth-order valence-electron chi connectivity index (χ4n) is 2.66. The van der Waals surface area contributed by atoms with Gasteiger partial charge < -0.3 is 0 Å². The van der Waals surface area contributed by atoms with E-state index in [0.717, 1.165) is 22.0 Å². The number of imide groups is 1. The summed E-state index contributed by atoms with van der Waals surface area (Å²) in [6.07, 6.45) is 0.344. The van der Waals surface area contributed by atoms with Crippen LogP contribution >= 0.6 is 0 Å². The summed E-state index contributed by atoms with van der Waals surface area (Å²) in [5.41, 5.74) is 3.12. The number of nitrogens with one attached hydrogen (secondary N) is 1. The molecule has 1 saturated heterocycles. The van der Waals surface area contributed by atoms with E-state index in [9.17, 15) is 9.59 Å². The fourth-order valence-corrected chi connectivity index (χ4v) is 2.66. The molecule has 2 aromatic carbocycles. The first-order valence-electron chi connectivity index (χ1n) is 7.67. The molecule has 0 saturated carbocycles. The van der Waals surface area contributed by atoms with Gasteiger partial charge >= 0.3 is 6.03 Å². The summed E-state index contributed by atoms with van der Waals surface area (Å²) in [4.78, 5) is 24.8. The molecule has 0 aliphatic carbocycles. The molecule has 118 valence electrons. The normalized spacial score (nSPS) is 14.5. The first-order valence-corrected chi connectivity index (χ1v) is 7.67. The van der Waals surface area contributed by atoms with Crippen molar-refractivity contribution in [3.63, 3.8) is 0 Å². The van der Waals surface area contributed by atoms with E-state index in [0.29, 0.717) is 13.0 Å². The van der Waals surface area contributed by atoms with Crippen molar-refractivity contribution in [3.8, 4) is 0 Å². The summed E-state index contributed by atoms with van der Waals surface area (Å²) in [5, 5.41) is 4.67. The number of aryl methyl sites for hydroxylation is 2. The van der Waals surface area contributed by atoms with Crippen molar-refractivity contribution in [1.29, 1.82) is 0 Å². The number of carbonyl (C=O) groups excluding carboxylic acids is 2. The van der Waals surface area contributed by atoms with Crippen LogP contribution in [0.5, 0.6) is 0 Å². The van der Waals surface area contributed by atoms with Crippen molar-refractivity contribution in [2.45, 2.75) is 34.1 Å². The van der Waals surface area contributed by atoms with Crippen molar-refractivity contribution in [2.24, 2.45) is 0 Å². The van der Waals surface area contributed by atoms with Crippen LogP contribution in [0.2, 0.25) is 0 Å². The maximum atomic E-state index is 12.0. The number of hydrogen-bond donors (Lipinski definition) is 1. The third kappa shape index (κ3) is 2.96. The van der Waals surface area contributed by atoms with Gasteiger partial charge in [0.2, 0.25) is 5.91 Å². The van der Waals surface area contributed by atoms with E-state index in [4.69, 9.17) is 0 Å². The van der Waals surface area contributed by atoms with E-state index < -0.39 is 0 Å². The lowest BCUT2D eigenvalue weighted by Gasteiger charge is -2.28. The van der Waals surface area contributed by atoms with Crippen molar-refractivity contribution < 1.29 is 11.0 Å². The van der Waals surface area contributed by atoms with Gasteiger partial charge in [0.05, 0.1) is 0 Å². The molecule has 2 aromatic rings. The Morgan fingerprint density at radius 2 is 1.77 bits per heavy atom. The van der Waals surface area contributed by atoms with Crippen LogP contribution in [0.3, 0.4) is 0 Å². The highest BCUT2D eigenvalue weighted by molar-refractivity contribution is 6.07. The third-order valence-electron chi connectivity index (χ3n) is 3.76. The number of rotatable bonds is 1. The van der Waals surface area contributed by atoms with Gasteiger partial charge in [0.15, 0.2) is 0 Å². The predicted octanol–water partition coefficient (Wildman–Crippen LogP) is 4.18. The van der Waals surface area contributed by atoms with E-state index in [-0.39, 0.29) is 13.4 Å². The lowest BCUT2D eigenvalue weighted by molar-refractivity contribution is -0.120. The molecule has 1 aliphatic heterocycles. The number of fused-ring (bicyclic) bond motifs is 1. The highest BCUT2D eigenvalue weighted by Gasteiger charge is 2.25. The molecule has 4 heteroatoms. The molecule has 0 atom stereocenters. The van der Waals surface area contributed by atoms with E-state index in [2.05, 4.69) is 30.4 Å². The first-order chi connectivity index (χ1) is 10.6. The zero-order chi connectivity index (χ0) is 16.3. The molecule has 0 unspecified atom stereocenters. The molecule has 1 heterocycles. The lowest BCUT2D eigenvalue weighted by atomic mass is 10.0. The smallest absolute Gasteiger partial charge is 0.293 e. The summed E-state index contributed by atoms with van der Waals surface area (Å²) in [6, 6.07) is 9.91. The van der Waals surface area contributed by atoms with Gasteiger partial charge in [-0.15, -0.1) is 0 Å². The van der Waals surface area contributed by atoms with Crippen LogP contribution in [0.25, 0.3) is 10.8 Å². The SMILES string of the molecule is CC.Cc1ccc2ccc(N3CCC(=O)NC3=O)c(C)c2c1.[HH]. The summed E-state index contributed by atoms with van der Waals surface area (Å²) >= 11 is 0. The van der Waals surface area contributed by atoms with Gasteiger partial charge in [0.1, 0.15) is 0 Å². The number of benzene rings is 2. The van der Waals surface area contributed by atoms with Crippen LogP contribution in [0.4, 0.5) is 10.5 Å². The largest absolute Gasteiger partial charge is 0.328 e. The Morgan fingerprint density at radius 3 is 2.45 bits per heavy atom. The van der Waals surface area contributed by atoms with Gasteiger partial charge in [-0.05, 0) is 36.2 Å². The van der Waals surface area contributed by atoms with Crippen LogP contribution in [-0.2, 0) is 4.79 Å². The second kappa shape index (κ2) is 6.60. The number of carbonyl (C=O) groups is 2. The van der Waals surface area contributed by atoms with Crippen LogP contribution in [0.1, 0.15) is 32.8 Å². The summed E-state index contributed by atoms with van der Waals surface area (Å²) in [7, 11) is 0. The molecular formula is C18H24N2O2. The van der Waals surface area contributed by atoms with Crippen molar-refractivity contribution in [2.75, 3.05) is 11.4 Å². The quantitative estimate of drug-likeness (QED) is 0.859. The van der Waals surface area contributed by atoms with Crippen molar-refractivity contribution in [1.82, 2.24) is 5.32 Å². The Balaban J connectivity index is 0.000000849. The molecular weight excluding hydrogens is 276 g/mol. The average molecular weight is 300 g/mol. The lowest BCUT2D eigenvalue weighted by Crippen LogP contribution is -2.49. The highest BCUT2D eigenvalue weighted by Crippen LogP contribution is 2.29. The number of amides is 3. The number of nitrogens with zero attached hydrogens (tertiary/aromatic N) is 1.